The number of cyclic esters (lactones) is 1. The number of aromatic hydroxyl groups is 1. The van der Waals surface area contributed by atoms with Crippen LogP contribution >= 0.6 is 11.3 Å². The Bertz CT molecular complexity index is 3320. The van der Waals surface area contributed by atoms with Crippen LogP contribution in [-0.4, -0.2) is 60.5 Å². The highest BCUT2D eigenvalue weighted by Crippen LogP contribution is 2.66. The fraction of sp³-hybridized carbons (Fsp3) is 0.246. The van der Waals surface area contributed by atoms with Crippen LogP contribution in [0.2, 0.25) is 0 Å². The maximum Gasteiger partial charge on any atom is 0.421 e. The van der Waals surface area contributed by atoms with Gasteiger partial charge in [0.1, 0.15) is 35.5 Å². The molecular formula is C57H47N5O10S. The molecule has 1 saturated carbocycles. The Hall–Kier alpha value is -8.23. The number of benzene rings is 6. The number of carbonyl (C=O) groups excluding carboxylic acids is 4. The smallest absolute Gasteiger partial charge is 0.421 e. The molecule has 1 spiro atoms. The van der Waals surface area contributed by atoms with Crippen LogP contribution in [0.15, 0.2) is 152 Å². The number of amides is 3. The molecule has 6 unspecified atom stereocenters. The molecule has 366 valence electrons. The lowest BCUT2D eigenvalue weighted by Gasteiger charge is -2.46. The molecule has 15 nitrogen and oxygen atoms in total. The van der Waals surface area contributed by atoms with Crippen LogP contribution in [0.5, 0.6) is 5.75 Å². The van der Waals surface area contributed by atoms with Crippen LogP contribution in [0.4, 0.5) is 21.3 Å². The van der Waals surface area contributed by atoms with E-state index in [0.29, 0.717) is 46.2 Å². The first-order valence-electron chi connectivity index (χ1n) is 24.1. The maximum atomic E-state index is 16.6. The van der Waals surface area contributed by atoms with E-state index >= 15 is 14.4 Å². The number of nitrogens with one attached hydrogen (secondary N) is 1. The summed E-state index contributed by atoms with van der Waals surface area (Å²) >= 11 is 1.21. The molecule has 0 radical (unpaired) electrons. The number of imide groups is 1. The van der Waals surface area contributed by atoms with Gasteiger partial charge >= 0.3 is 12.1 Å². The lowest BCUT2D eigenvalue weighted by Crippen LogP contribution is -2.54. The summed E-state index contributed by atoms with van der Waals surface area (Å²) in [7, 11) is 0. The molecule has 4 heterocycles. The number of rotatable bonds is 8. The predicted molar refractivity (Wildman–Crippen MR) is 271 cm³/mol. The first-order valence-corrected chi connectivity index (χ1v) is 24.9. The van der Waals surface area contributed by atoms with E-state index in [-0.39, 0.29) is 34.4 Å². The monoisotopic (exact) mass is 993 g/mol. The zero-order valence-electron chi connectivity index (χ0n) is 39.1. The fourth-order valence-corrected chi connectivity index (χ4v) is 12.1. The summed E-state index contributed by atoms with van der Waals surface area (Å²) in [5, 5.41) is 37.2. The van der Waals surface area contributed by atoms with Crippen molar-refractivity contribution in [2.45, 2.75) is 80.4 Å². The Kier molecular flexibility index (Phi) is 12.3. The molecule has 4 aliphatic rings. The molecule has 6 aromatic carbocycles. The molecule has 1 aromatic heterocycles. The number of aromatic nitrogens is 1. The third-order valence-electron chi connectivity index (χ3n) is 14.5. The van der Waals surface area contributed by atoms with Gasteiger partial charge in [0.05, 0.1) is 38.8 Å². The van der Waals surface area contributed by atoms with Crippen molar-refractivity contribution in [2.24, 2.45) is 5.92 Å². The number of non-ortho nitro benzene ring substituents is 1. The predicted octanol–water partition coefficient (Wildman–Crippen LogP) is 9.99. The summed E-state index contributed by atoms with van der Waals surface area (Å²) in [6.45, 7) is -0.385. The number of phenols is 1. The topological polar surface area (TPSA) is 202 Å². The summed E-state index contributed by atoms with van der Waals surface area (Å²) in [5.41, 5.74) is -0.247. The highest BCUT2D eigenvalue weighted by Gasteiger charge is 2.76. The van der Waals surface area contributed by atoms with Crippen LogP contribution < -0.4 is 10.2 Å². The van der Waals surface area contributed by atoms with E-state index in [9.17, 15) is 25.1 Å². The van der Waals surface area contributed by atoms with E-state index in [4.69, 9.17) is 14.5 Å². The molecule has 3 N–H and O–H groups in total. The Morgan fingerprint density at radius 3 is 2.18 bits per heavy atom. The van der Waals surface area contributed by atoms with Gasteiger partial charge in [0, 0.05) is 17.7 Å². The van der Waals surface area contributed by atoms with Crippen molar-refractivity contribution < 1.29 is 43.8 Å². The largest absolute Gasteiger partial charge is 0.508 e. The van der Waals surface area contributed by atoms with Crippen molar-refractivity contribution >= 4 is 61.9 Å². The minimum absolute atomic E-state index is 0.0584. The van der Waals surface area contributed by atoms with E-state index < -0.39 is 70.0 Å². The molecular weight excluding hydrogens is 947 g/mol. The molecule has 7 aromatic rings. The third-order valence-corrected chi connectivity index (χ3v) is 15.5. The number of aliphatic hydroxyl groups is 1. The molecule has 2 saturated heterocycles. The van der Waals surface area contributed by atoms with Gasteiger partial charge in [-0.1, -0.05) is 121 Å². The number of fused-ring (bicyclic) bond motifs is 4. The highest BCUT2D eigenvalue weighted by molar-refractivity contribution is 7.22. The van der Waals surface area contributed by atoms with Crippen LogP contribution in [-0.2, 0) is 35.9 Å². The van der Waals surface area contributed by atoms with Crippen molar-refractivity contribution in [3.63, 3.8) is 0 Å². The van der Waals surface area contributed by atoms with Crippen LogP contribution in [0.3, 0.4) is 0 Å². The van der Waals surface area contributed by atoms with Crippen LogP contribution in [0.25, 0.3) is 10.2 Å². The molecule has 3 aliphatic heterocycles. The second kappa shape index (κ2) is 19.1. The Balaban J connectivity index is 1.16. The number of hydrogen-bond donors (Lipinski definition) is 3. The number of carbonyl (C=O) groups is 4. The van der Waals surface area contributed by atoms with Gasteiger partial charge in [0.2, 0.25) is 11.8 Å². The van der Waals surface area contributed by atoms with Crippen molar-refractivity contribution in [2.75, 3.05) is 10.2 Å². The number of para-hydroxylation sites is 1. The quantitative estimate of drug-likeness (QED) is 0.0428. The number of nitrogens with zero attached hydrogens (tertiary/aromatic N) is 4. The average molecular weight is 994 g/mol. The van der Waals surface area contributed by atoms with Crippen LogP contribution in [0, 0.1) is 27.9 Å². The number of thiazole rings is 1. The molecule has 3 amide bonds. The number of hydrogen-bond acceptors (Lipinski definition) is 13. The number of ether oxygens (including phenoxy) is 2. The van der Waals surface area contributed by atoms with E-state index in [2.05, 4.69) is 17.2 Å². The average Bonchev–Trinajstić information content (AvgIpc) is 4.01. The number of nitro groups is 1. The zero-order chi connectivity index (χ0) is 50.4. The van der Waals surface area contributed by atoms with Crippen LogP contribution in [0.1, 0.15) is 90.1 Å². The summed E-state index contributed by atoms with van der Waals surface area (Å²) in [6, 6.07) is 38.8. The minimum Gasteiger partial charge on any atom is -0.508 e. The van der Waals surface area contributed by atoms with E-state index in [1.807, 2.05) is 83.8 Å². The molecule has 11 rings (SSSR count). The van der Waals surface area contributed by atoms with Gasteiger partial charge in [-0.25, -0.2) is 14.7 Å². The number of phenolic OH excluding ortho intramolecular Hbond substituents is 1. The lowest BCUT2D eigenvalue weighted by molar-refractivity contribution is -0.384. The number of morpholine rings is 1. The first-order chi connectivity index (χ1) is 35.4. The summed E-state index contributed by atoms with van der Waals surface area (Å²) < 4.78 is 13.2. The lowest BCUT2D eigenvalue weighted by atomic mass is 9.65. The van der Waals surface area contributed by atoms with Gasteiger partial charge in [-0.05, 0) is 108 Å². The van der Waals surface area contributed by atoms with E-state index in [0.717, 1.165) is 35.3 Å². The van der Waals surface area contributed by atoms with Gasteiger partial charge in [0.25, 0.3) is 5.69 Å². The molecule has 0 bridgehead atoms. The van der Waals surface area contributed by atoms with E-state index in [1.165, 1.54) is 47.7 Å². The normalized spacial score (nSPS) is 23.1. The standard InChI is InChI=1S/C57H47N5O10S/c63-41-26-22-39(23-27-41)50-57(42-33-35(29-32-56(68)30-11-1-2-12-31-56)21-28-44(42)60(53(57)66)55(67)71-34-36-19-24-40(25-20-36)62(69)70)46(51(64)59-54-58-43-17-9-10-18-45(43)73-54)48-52(65)72-49(38-15-7-4-8-16-38)47(61(48)50)37-13-5-3-6-14-37/h3-10,13-28,33,46-50,63,68H,1-2,11-12,30-31,34H2,(H,58,59,64). The highest BCUT2D eigenvalue weighted by atomic mass is 32.1. The molecule has 73 heavy (non-hydrogen) atoms. The second-order valence-corrected chi connectivity index (χ2v) is 19.9. The summed E-state index contributed by atoms with van der Waals surface area (Å²) in [5.74, 6) is 2.12. The zero-order valence-corrected chi connectivity index (χ0v) is 39.9. The number of esters is 1. The summed E-state index contributed by atoms with van der Waals surface area (Å²) in [4.78, 5) is 81.4. The van der Waals surface area contributed by atoms with E-state index in [1.54, 1.807) is 36.4 Å². The van der Waals surface area contributed by atoms with Gasteiger partial charge in [-0.3, -0.25) is 29.4 Å². The third kappa shape index (κ3) is 8.44. The Morgan fingerprint density at radius 1 is 0.822 bits per heavy atom. The van der Waals surface area contributed by atoms with Gasteiger partial charge < -0.3 is 25.0 Å². The molecule has 16 heteroatoms. The summed E-state index contributed by atoms with van der Waals surface area (Å²) in [6.07, 6.45) is 2.38. The second-order valence-electron chi connectivity index (χ2n) is 18.9. The van der Waals surface area contributed by atoms with Gasteiger partial charge in [0.15, 0.2) is 5.13 Å². The van der Waals surface area contributed by atoms with Crippen molar-refractivity contribution in [3.05, 3.63) is 195 Å². The molecule has 1 aliphatic carbocycles. The molecule has 3 fully saturated rings. The van der Waals surface area contributed by atoms with Crippen molar-refractivity contribution in [3.8, 4) is 17.6 Å². The Morgan fingerprint density at radius 2 is 1.49 bits per heavy atom. The Labute approximate surface area is 423 Å². The maximum absolute atomic E-state index is 16.6. The number of anilines is 2. The van der Waals surface area contributed by atoms with Crippen molar-refractivity contribution in [1.82, 2.24) is 9.88 Å². The molecule has 6 atom stereocenters. The van der Waals surface area contributed by atoms with Gasteiger partial charge in [-0.2, -0.15) is 0 Å². The SMILES string of the molecule is O=C1OC(c2ccccc2)C(c2ccccc2)N2C1C(C(=O)Nc1nc3ccccc3s1)C1(C(=O)N(C(=O)OCc3ccc([N+](=O)[O-])cc3)c3ccc(C#CC4(O)CCCCCC4)cc31)C2c1ccc(O)cc1. The first kappa shape index (κ1) is 47.1. The fourth-order valence-electron chi connectivity index (χ4n) is 11.3. The van der Waals surface area contributed by atoms with Gasteiger partial charge in [-0.15, -0.1) is 0 Å². The number of nitro benzene ring substituents is 1. The van der Waals surface area contributed by atoms with Crippen molar-refractivity contribution in [1.29, 1.82) is 0 Å². The minimum atomic E-state index is -2.18.